The van der Waals surface area contributed by atoms with Crippen LogP contribution in [0.3, 0.4) is 0 Å². The van der Waals surface area contributed by atoms with Gasteiger partial charge in [-0.1, -0.05) is 126 Å². The number of hydrogen-bond acceptors (Lipinski definition) is 17. The van der Waals surface area contributed by atoms with Crippen LogP contribution in [0, 0.1) is 23.7 Å². The van der Waals surface area contributed by atoms with Crippen LogP contribution in [0.2, 0.25) is 0 Å². The van der Waals surface area contributed by atoms with Gasteiger partial charge in [-0.3, -0.25) is 29.2 Å². The molecule has 3 aromatic heterocycles. The van der Waals surface area contributed by atoms with E-state index in [1.165, 1.54) is 21.6 Å². The van der Waals surface area contributed by atoms with Crippen LogP contribution < -0.4 is 36.1 Å². The molecule has 0 saturated carbocycles. The number of H-pyrrole nitrogens is 1. The molecule has 3 aliphatic heterocycles. The Morgan fingerprint density at radius 2 is 1.26 bits per heavy atom. The second-order valence-corrected chi connectivity index (χ2v) is 18.5. The number of terminal acetylenes is 1. The zero-order chi connectivity index (χ0) is 62.1. The van der Waals surface area contributed by atoms with Crippen LogP contribution in [0.4, 0.5) is 11.6 Å². The van der Waals surface area contributed by atoms with E-state index in [0.717, 1.165) is 28.8 Å². The van der Waals surface area contributed by atoms with Gasteiger partial charge in [0.05, 0.1) is 37.5 Å². The number of anilines is 2. The average Bonchev–Trinajstić information content (AvgIpc) is 2.64. The Morgan fingerprint density at radius 1 is 0.747 bits per heavy atom. The van der Waals surface area contributed by atoms with Gasteiger partial charge in [-0.2, -0.15) is 5.26 Å². The number of benzene rings is 4. The molecule has 0 fully saturated rings. The highest BCUT2D eigenvalue weighted by Gasteiger charge is 2.32. The molecular formula is C64H69ClN12O10. The molecule has 0 saturated heterocycles. The molecule has 3 amide bonds. The van der Waals surface area contributed by atoms with Crippen molar-refractivity contribution in [2.45, 2.75) is 58.0 Å². The molecule has 7 N–H and O–H groups in total. The minimum absolute atomic E-state index is 0. The summed E-state index contributed by atoms with van der Waals surface area (Å²) in [4.78, 5) is 80.9. The number of aliphatic imine (C=N–C) groups is 1. The number of carbonyl (C=O) groups excluding carboxylic acids is 5. The van der Waals surface area contributed by atoms with Gasteiger partial charge < -0.3 is 45.9 Å². The van der Waals surface area contributed by atoms with Gasteiger partial charge in [-0.05, 0) is 60.4 Å². The minimum Gasteiger partial charge on any atom is -0.488 e. The second-order valence-electron chi connectivity index (χ2n) is 18.5. The number of esters is 2. The normalized spacial score (nSPS) is 14.2. The number of amides is 3. The van der Waals surface area contributed by atoms with Gasteiger partial charge in [0.2, 0.25) is 5.91 Å². The largest absolute Gasteiger partial charge is 0.488 e. The molecule has 452 valence electrons. The molecule has 0 aliphatic carbocycles. The number of aromatic nitrogens is 4. The van der Waals surface area contributed by atoms with E-state index in [2.05, 4.69) is 64.8 Å². The third kappa shape index (κ3) is 23.1. The van der Waals surface area contributed by atoms with Crippen molar-refractivity contribution in [1.82, 2.24) is 25.3 Å². The number of ether oxygens (including phenoxy) is 4. The maximum absolute atomic E-state index is 12.7. The molecule has 0 radical (unpaired) electrons. The Hall–Kier alpha value is -10.7. The first-order chi connectivity index (χ1) is 41.7. The summed E-state index contributed by atoms with van der Waals surface area (Å²) in [7, 11) is 3.25. The van der Waals surface area contributed by atoms with E-state index < -0.39 is 24.0 Å². The number of carbonyl (C=O) groups is 5. The molecule has 0 bridgehead atoms. The average molecular weight is 1200 g/mol. The number of rotatable bonds is 12. The van der Waals surface area contributed by atoms with Crippen LogP contribution in [-0.4, -0.2) is 119 Å². The van der Waals surface area contributed by atoms with Crippen molar-refractivity contribution in [2.75, 3.05) is 50.3 Å². The number of nitriles is 1. The standard InChI is InChI=1S/C20H19N5O3.C14H15NO2.C9H11N3O2.C8H10N2O.C8H7N.C5H6O2.ClH/c1-25-18-16(8-5-9-21-18)28-12-15(20(25)27)24-19(26)14-11-22-17(23-14)10-13-6-3-2-4-7-13;1-2-17-14(16)12-9-13(15-10-12)8-11-6-4-3-5-7-11;1-12-8-7(3-2-4-11-8)14-5-6(10)9(12)13;9-8(10-11)6-7-4-2-1-3-5-7;9-7-6-8-4-2-1-3-5-8;1-3-5(6)7-4-2;/h2-9,11,15H,10,12H2,1H3,(H,22,23)(H,24,26);3-7,10H,2,8-9H2,1H3;2-4,6H,5,10H2,1H3;1-5,11H,6H2,(H2,9,10);1-5H,6H2;1H,4H2,2H3;1H/t15-;;6-;;;;/m0.0..../s1. The number of fused-ring (bicyclic) bond motifs is 2. The monoisotopic (exact) mass is 1200 g/mol. The third-order valence-corrected chi connectivity index (χ3v) is 12.1. The van der Waals surface area contributed by atoms with Crippen LogP contribution in [0.1, 0.15) is 58.8 Å². The van der Waals surface area contributed by atoms with E-state index in [0.29, 0.717) is 79.1 Å². The predicted molar refractivity (Wildman–Crippen MR) is 332 cm³/mol. The van der Waals surface area contributed by atoms with Crippen LogP contribution in [-0.2, 0) is 54.3 Å². The first kappa shape index (κ1) is 68.8. The van der Waals surface area contributed by atoms with Crippen molar-refractivity contribution in [3.8, 4) is 29.9 Å². The quantitative estimate of drug-likeness (QED) is 0.0154. The predicted octanol–water partition coefficient (Wildman–Crippen LogP) is 7.17. The number of amidine groups is 1. The molecule has 10 rings (SSSR count). The molecule has 0 spiro atoms. The Morgan fingerprint density at radius 3 is 1.78 bits per heavy atom. The number of halogens is 1. The lowest BCUT2D eigenvalue weighted by molar-refractivity contribution is -0.138. The summed E-state index contributed by atoms with van der Waals surface area (Å²) in [6, 6.07) is 46.9. The van der Waals surface area contributed by atoms with E-state index in [4.69, 9.17) is 36.1 Å². The summed E-state index contributed by atoms with van der Waals surface area (Å²) < 4.78 is 20.3. The second kappa shape index (κ2) is 37.5. The fourth-order valence-electron chi connectivity index (χ4n) is 7.85. The first-order valence-corrected chi connectivity index (χ1v) is 27.0. The Labute approximate surface area is 511 Å². The van der Waals surface area contributed by atoms with Gasteiger partial charge in [-0.25, -0.2) is 24.5 Å². The maximum atomic E-state index is 12.7. The molecular weight excluding hydrogens is 1130 g/mol. The number of hydrogen-bond donors (Lipinski definition) is 5. The summed E-state index contributed by atoms with van der Waals surface area (Å²) in [6.07, 6.45) is 13.9. The van der Waals surface area contributed by atoms with Crippen molar-refractivity contribution >= 4 is 65.3 Å². The molecule has 22 nitrogen and oxygen atoms in total. The van der Waals surface area contributed by atoms with E-state index in [-0.39, 0.29) is 49.2 Å². The molecule has 4 aromatic carbocycles. The molecule has 7 aromatic rings. The molecule has 87 heavy (non-hydrogen) atoms. The van der Waals surface area contributed by atoms with E-state index in [9.17, 15) is 24.0 Å². The lowest BCUT2D eigenvalue weighted by Gasteiger charge is -2.19. The molecule has 2 atom stereocenters. The van der Waals surface area contributed by atoms with Gasteiger partial charge in [0.25, 0.3) is 11.8 Å². The van der Waals surface area contributed by atoms with Gasteiger partial charge in [0, 0.05) is 70.0 Å². The SMILES string of the molecule is C#CC(=O)OCC.CCOC(=O)C1=CN=C(Cc2ccccc2)C1.CN1C(=O)[C@@H](N)COc2cccnc21.CN1C(=O)[C@@H](NC(=O)c2cnc(Cc3ccccc3)[nH]2)COc2cccnc21.Cl.N#CCc1ccccc1.N/C(Cc1ccccc1)=N\O. The summed E-state index contributed by atoms with van der Waals surface area (Å²) in [5.41, 5.74) is 17.3. The highest BCUT2D eigenvalue weighted by Crippen LogP contribution is 2.28. The number of imidazole rings is 1. The highest BCUT2D eigenvalue weighted by atomic mass is 35.5. The molecule has 3 aliphatic rings. The number of nitrogens with zero attached hydrogens (tertiary/aromatic N) is 8. The Bertz CT molecular complexity index is 3480. The highest BCUT2D eigenvalue weighted by molar-refractivity contribution is 6.03. The van der Waals surface area contributed by atoms with E-state index in [1.54, 1.807) is 76.7 Å². The lowest BCUT2D eigenvalue weighted by Crippen LogP contribution is -2.49. The smallest absolute Gasteiger partial charge is 0.384 e. The fourth-order valence-corrected chi connectivity index (χ4v) is 7.85. The number of pyridine rings is 2. The summed E-state index contributed by atoms with van der Waals surface area (Å²) >= 11 is 0. The van der Waals surface area contributed by atoms with Gasteiger partial charge >= 0.3 is 11.9 Å². The van der Waals surface area contributed by atoms with Crippen molar-refractivity contribution < 1.29 is 48.1 Å². The fraction of sp³-hybridized carbons (Fsp3) is 0.234. The number of nitrogens with one attached hydrogen (secondary N) is 2. The third-order valence-electron chi connectivity index (χ3n) is 12.1. The minimum atomic E-state index is -0.826. The number of nitrogens with two attached hydrogens (primary N) is 2. The van der Waals surface area contributed by atoms with Gasteiger partial charge in [0.1, 0.15) is 42.7 Å². The number of aromatic amines is 1. The molecule has 23 heteroatoms. The number of likely N-dealkylation sites (N-methyl/N-ethyl adjacent to an activating group) is 2. The maximum Gasteiger partial charge on any atom is 0.384 e. The van der Waals surface area contributed by atoms with Crippen LogP contribution in [0.15, 0.2) is 186 Å². The zero-order valence-electron chi connectivity index (χ0n) is 48.5. The van der Waals surface area contributed by atoms with Crippen LogP contribution >= 0.6 is 12.4 Å². The summed E-state index contributed by atoms with van der Waals surface area (Å²) in [5, 5.41) is 22.1. The molecule has 0 unspecified atom stereocenters. The topological polar surface area (TPSA) is 316 Å². The van der Waals surface area contributed by atoms with Crippen molar-refractivity contribution in [1.29, 1.82) is 5.26 Å². The van der Waals surface area contributed by atoms with E-state index in [1.807, 2.05) is 109 Å². The zero-order valence-corrected chi connectivity index (χ0v) is 49.3. The number of oxime groups is 1. The van der Waals surface area contributed by atoms with Crippen LogP contribution in [0.5, 0.6) is 11.5 Å². The van der Waals surface area contributed by atoms with E-state index >= 15 is 0 Å². The molecule has 6 heterocycles. The first-order valence-electron chi connectivity index (χ1n) is 27.0. The summed E-state index contributed by atoms with van der Waals surface area (Å²) in [5.74, 6) is 3.02. The van der Waals surface area contributed by atoms with Crippen molar-refractivity contribution in [3.63, 3.8) is 0 Å². The Balaban J connectivity index is 0.000000238. The van der Waals surface area contributed by atoms with Crippen molar-refractivity contribution in [3.05, 3.63) is 210 Å². The Kier molecular flexibility index (Phi) is 29.7. The van der Waals surface area contributed by atoms with Crippen LogP contribution in [0.25, 0.3) is 0 Å². The van der Waals surface area contributed by atoms with Gasteiger partial charge in [-0.15, -0.1) is 18.8 Å². The lowest BCUT2D eigenvalue weighted by atomic mass is 10.0. The summed E-state index contributed by atoms with van der Waals surface area (Å²) in [6.45, 7) is 4.49. The van der Waals surface area contributed by atoms with Crippen molar-refractivity contribution in [2.24, 2.45) is 21.6 Å². The van der Waals surface area contributed by atoms with Gasteiger partial charge in [0.15, 0.2) is 23.1 Å².